The van der Waals surface area contributed by atoms with Crippen LogP contribution < -0.4 is 5.32 Å². The minimum atomic E-state index is -0.324. The summed E-state index contributed by atoms with van der Waals surface area (Å²) in [5.41, 5.74) is 0. The van der Waals surface area contributed by atoms with Crippen molar-refractivity contribution in [3.63, 3.8) is 0 Å². The highest BCUT2D eigenvalue weighted by atomic mass is 16.5. The molecule has 1 amide bonds. The van der Waals surface area contributed by atoms with Gasteiger partial charge in [-0.1, -0.05) is 6.92 Å². The molecule has 1 rings (SSSR count). The lowest BCUT2D eigenvalue weighted by Crippen LogP contribution is -2.25. The minimum Gasteiger partial charge on any atom is -0.460 e. The third-order valence-corrected chi connectivity index (χ3v) is 2.02. The summed E-state index contributed by atoms with van der Waals surface area (Å²) in [7, 11) is 0. The number of ether oxygens (including phenoxy) is 1. The van der Waals surface area contributed by atoms with Gasteiger partial charge < -0.3 is 10.1 Å². The summed E-state index contributed by atoms with van der Waals surface area (Å²) in [6.45, 7) is 3.72. The largest absolute Gasteiger partial charge is 0.460 e. The van der Waals surface area contributed by atoms with Gasteiger partial charge in [0.2, 0.25) is 5.91 Å². The van der Waals surface area contributed by atoms with Crippen molar-refractivity contribution in [2.75, 3.05) is 6.54 Å². The summed E-state index contributed by atoms with van der Waals surface area (Å²) in [4.78, 5) is 21.7. The van der Waals surface area contributed by atoms with E-state index in [9.17, 15) is 9.59 Å². The van der Waals surface area contributed by atoms with Crippen molar-refractivity contribution < 1.29 is 14.3 Å². The molecule has 0 aliphatic carbocycles. The lowest BCUT2D eigenvalue weighted by atomic mass is 10.0. The first-order valence-corrected chi connectivity index (χ1v) is 4.10. The molecule has 0 radical (unpaired) electrons. The van der Waals surface area contributed by atoms with Gasteiger partial charge in [0.15, 0.2) is 0 Å². The zero-order valence-corrected chi connectivity index (χ0v) is 7.29. The minimum absolute atomic E-state index is 0.0104. The lowest BCUT2D eigenvalue weighted by molar-refractivity contribution is -0.148. The van der Waals surface area contributed by atoms with Gasteiger partial charge in [0.05, 0.1) is 12.5 Å². The van der Waals surface area contributed by atoms with Gasteiger partial charge >= 0.3 is 5.97 Å². The zero-order chi connectivity index (χ0) is 9.14. The molecule has 0 aromatic carbocycles. The van der Waals surface area contributed by atoms with Crippen LogP contribution in [0.4, 0.5) is 0 Å². The summed E-state index contributed by atoms with van der Waals surface area (Å²) < 4.78 is 4.96. The number of carbonyl (C=O) groups excluding carboxylic acids is 2. The fraction of sp³-hybridized carbons (Fsp3) is 0.750. The van der Waals surface area contributed by atoms with Crippen LogP contribution in [-0.2, 0) is 14.3 Å². The standard InChI is InChI=1S/C8H13NO3/c1-3-6-7(12-5(2)10)4-9-8(6)11/h6-7H,3-4H2,1-2H3,(H,9,11). The molecule has 68 valence electrons. The van der Waals surface area contributed by atoms with E-state index in [4.69, 9.17) is 4.74 Å². The molecule has 1 saturated heterocycles. The first-order chi connectivity index (χ1) is 5.65. The molecule has 1 N–H and O–H groups in total. The number of amides is 1. The molecule has 0 aromatic heterocycles. The Morgan fingerprint density at radius 3 is 2.92 bits per heavy atom. The van der Waals surface area contributed by atoms with Gasteiger partial charge in [-0.3, -0.25) is 9.59 Å². The summed E-state index contributed by atoms with van der Waals surface area (Å²) in [5, 5.41) is 2.66. The summed E-state index contributed by atoms with van der Waals surface area (Å²) in [6, 6.07) is 0. The number of hydrogen-bond acceptors (Lipinski definition) is 3. The smallest absolute Gasteiger partial charge is 0.302 e. The van der Waals surface area contributed by atoms with E-state index in [1.54, 1.807) is 0 Å². The zero-order valence-electron chi connectivity index (χ0n) is 7.29. The summed E-state index contributed by atoms with van der Waals surface area (Å²) in [5.74, 6) is -0.493. The predicted octanol–water partition coefficient (Wildman–Crippen LogP) is 0.0741. The Labute approximate surface area is 71.3 Å². The Kier molecular flexibility index (Phi) is 2.68. The van der Waals surface area contributed by atoms with Crippen LogP contribution in [0, 0.1) is 5.92 Å². The molecule has 4 heteroatoms. The molecule has 1 aliphatic heterocycles. The lowest BCUT2D eigenvalue weighted by Gasteiger charge is -2.14. The molecular formula is C8H13NO3. The summed E-state index contributed by atoms with van der Waals surface area (Å²) >= 11 is 0. The average molecular weight is 171 g/mol. The number of hydrogen-bond donors (Lipinski definition) is 1. The molecular weight excluding hydrogens is 158 g/mol. The normalized spacial score (nSPS) is 28.3. The third kappa shape index (κ3) is 1.75. The highest BCUT2D eigenvalue weighted by Gasteiger charge is 2.35. The van der Waals surface area contributed by atoms with Crippen LogP contribution in [0.3, 0.4) is 0 Å². The van der Waals surface area contributed by atoms with Gasteiger partial charge in [-0.05, 0) is 6.42 Å². The summed E-state index contributed by atoms with van der Waals surface area (Å²) in [6.07, 6.45) is 0.448. The fourth-order valence-corrected chi connectivity index (χ4v) is 1.43. The van der Waals surface area contributed by atoms with E-state index >= 15 is 0 Å². The SMILES string of the molecule is CCC1C(=O)NCC1OC(C)=O. The van der Waals surface area contributed by atoms with E-state index < -0.39 is 0 Å². The molecule has 0 aromatic rings. The van der Waals surface area contributed by atoms with Gasteiger partial charge in [-0.2, -0.15) is 0 Å². The Balaban J connectivity index is 2.54. The van der Waals surface area contributed by atoms with E-state index in [0.717, 1.165) is 0 Å². The third-order valence-electron chi connectivity index (χ3n) is 2.02. The maximum atomic E-state index is 11.1. The molecule has 1 fully saturated rings. The topological polar surface area (TPSA) is 55.4 Å². The molecule has 1 heterocycles. The predicted molar refractivity (Wildman–Crippen MR) is 42.3 cm³/mol. The van der Waals surface area contributed by atoms with Gasteiger partial charge in [0, 0.05) is 6.92 Å². The second-order valence-electron chi connectivity index (χ2n) is 2.91. The maximum Gasteiger partial charge on any atom is 0.302 e. The average Bonchev–Trinajstić information content (AvgIpc) is 2.30. The van der Waals surface area contributed by atoms with Crippen LogP contribution in [-0.4, -0.2) is 24.5 Å². The Bertz CT molecular complexity index is 202. The number of rotatable bonds is 2. The molecule has 12 heavy (non-hydrogen) atoms. The highest BCUT2D eigenvalue weighted by molar-refractivity contribution is 5.82. The molecule has 0 saturated carbocycles. The van der Waals surface area contributed by atoms with Crippen LogP contribution in [0.1, 0.15) is 20.3 Å². The van der Waals surface area contributed by atoms with Crippen molar-refractivity contribution >= 4 is 11.9 Å². The van der Waals surface area contributed by atoms with Crippen LogP contribution in [0.5, 0.6) is 0 Å². The number of nitrogens with one attached hydrogen (secondary N) is 1. The van der Waals surface area contributed by atoms with Crippen LogP contribution in [0.15, 0.2) is 0 Å². The van der Waals surface area contributed by atoms with E-state index in [2.05, 4.69) is 5.32 Å². The van der Waals surface area contributed by atoms with Gasteiger partial charge in [0.1, 0.15) is 6.10 Å². The van der Waals surface area contributed by atoms with Gasteiger partial charge in [-0.25, -0.2) is 0 Å². The molecule has 0 bridgehead atoms. The van der Waals surface area contributed by atoms with Crippen molar-refractivity contribution in [3.8, 4) is 0 Å². The number of carbonyl (C=O) groups is 2. The van der Waals surface area contributed by atoms with Gasteiger partial charge in [0.25, 0.3) is 0 Å². The van der Waals surface area contributed by atoms with E-state index in [1.807, 2.05) is 6.92 Å². The first kappa shape index (κ1) is 9.03. The number of esters is 1. The molecule has 2 unspecified atom stereocenters. The van der Waals surface area contributed by atoms with Gasteiger partial charge in [-0.15, -0.1) is 0 Å². The highest BCUT2D eigenvalue weighted by Crippen LogP contribution is 2.17. The van der Waals surface area contributed by atoms with E-state index in [1.165, 1.54) is 6.92 Å². The quantitative estimate of drug-likeness (QED) is 0.598. The second-order valence-corrected chi connectivity index (χ2v) is 2.91. The van der Waals surface area contributed by atoms with Crippen LogP contribution in [0.2, 0.25) is 0 Å². The van der Waals surface area contributed by atoms with E-state index in [0.29, 0.717) is 13.0 Å². The Morgan fingerprint density at radius 2 is 2.42 bits per heavy atom. The van der Waals surface area contributed by atoms with Crippen LogP contribution >= 0.6 is 0 Å². The van der Waals surface area contributed by atoms with Crippen molar-refractivity contribution in [3.05, 3.63) is 0 Å². The van der Waals surface area contributed by atoms with Crippen molar-refractivity contribution in [1.29, 1.82) is 0 Å². The van der Waals surface area contributed by atoms with E-state index in [-0.39, 0.29) is 23.9 Å². The first-order valence-electron chi connectivity index (χ1n) is 4.10. The fourth-order valence-electron chi connectivity index (χ4n) is 1.43. The van der Waals surface area contributed by atoms with Crippen molar-refractivity contribution in [1.82, 2.24) is 5.32 Å². The molecule has 0 spiro atoms. The Hall–Kier alpha value is -1.06. The van der Waals surface area contributed by atoms with Crippen LogP contribution in [0.25, 0.3) is 0 Å². The monoisotopic (exact) mass is 171 g/mol. The maximum absolute atomic E-state index is 11.1. The van der Waals surface area contributed by atoms with Crippen molar-refractivity contribution in [2.24, 2.45) is 5.92 Å². The second kappa shape index (κ2) is 3.56. The molecule has 1 aliphatic rings. The van der Waals surface area contributed by atoms with Crippen molar-refractivity contribution in [2.45, 2.75) is 26.4 Å². The molecule has 4 nitrogen and oxygen atoms in total. The Morgan fingerprint density at radius 1 is 1.75 bits per heavy atom. The molecule has 2 atom stereocenters.